The van der Waals surface area contributed by atoms with Crippen LogP contribution in [0.25, 0.3) is 0 Å². The van der Waals surface area contributed by atoms with Crippen molar-refractivity contribution in [3.8, 4) is 0 Å². The van der Waals surface area contributed by atoms with Gasteiger partial charge in [-0.1, -0.05) is 12.1 Å². The Labute approximate surface area is 159 Å². The molecule has 0 aliphatic carbocycles. The van der Waals surface area contributed by atoms with E-state index in [-0.39, 0.29) is 17.8 Å². The van der Waals surface area contributed by atoms with E-state index in [2.05, 4.69) is 15.3 Å². The number of hydrogen-bond acceptors (Lipinski definition) is 4. The van der Waals surface area contributed by atoms with E-state index in [1.54, 1.807) is 16.8 Å². The smallest absolute Gasteiger partial charge is 0.224 e. The van der Waals surface area contributed by atoms with Crippen LogP contribution in [0.15, 0.2) is 24.3 Å². The van der Waals surface area contributed by atoms with Crippen LogP contribution in [0.3, 0.4) is 0 Å². The van der Waals surface area contributed by atoms with Crippen molar-refractivity contribution in [1.29, 1.82) is 0 Å². The van der Waals surface area contributed by atoms with E-state index in [1.165, 1.54) is 12.1 Å². The molecule has 146 valence electrons. The summed E-state index contributed by atoms with van der Waals surface area (Å²) in [5, 5.41) is 7.42. The van der Waals surface area contributed by atoms with Gasteiger partial charge in [-0.2, -0.15) is 5.10 Å². The molecule has 1 aliphatic rings. The Kier molecular flexibility index (Phi) is 6.23. The van der Waals surface area contributed by atoms with Crippen molar-refractivity contribution < 1.29 is 13.9 Å². The molecule has 2 heterocycles. The average Bonchev–Trinajstić information content (AvgIpc) is 2.90. The topological polar surface area (TPSA) is 59.4 Å². The Morgan fingerprint density at radius 1 is 1.26 bits per heavy atom. The average molecular weight is 374 g/mol. The third-order valence-corrected chi connectivity index (χ3v) is 5.23. The molecule has 1 N–H and O–H groups in total. The number of amides is 1. The first kappa shape index (κ1) is 19.5. The molecular weight excluding hydrogens is 347 g/mol. The predicted octanol–water partition coefficient (Wildman–Crippen LogP) is 1.91. The molecule has 1 aliphatic heterocycles. The SMILES string of the molecule is Cc1nn(C)c(C)c1CC(=O)NC[C@H](c1ccc(F)cc1)N1CCOCC1. The number of hydrogen-bond donors (Lipinski definition) is 1. The fraction of sp³-hybridized carbons (Fsp3) is 0.500. The Morgan fingerprint density at radius 3 is 2.52 bits per heavy atom. The summed E-state index contributed by atoms with van der Waals surface area (Å²) in [6, 6.07) is 6.50. The first-order valence-corrected chi connectivity index (χ1v) is 9.28. The van der Waals surface area contributed by atoms with E-state index >= 15 is 0 Å². The molecule has 1 aromatic heterocycles. The molecule has 1 fully saturated rings. The predicted molar refractivity (Wildman–Crippen MR) is 101 cm³/mol. The van der Waals surface area contributed by atoms with Gasteiger partial charge in [-0.05, 0) is 31.5 Å². The minimum Gasteiger partial charge on any atom is -0.379 e. The van der Waals surface area contributed by atoms with Crippen molar-refractivity contribution in [2.45, 2.75) is 26.3 Å². The summed E-state index contributed by atoms with van der Waals surface area (Å²) in [4.78, 5) is 14.8. The summed E-state index contributed by atoms with van der Waals surface area (Å²) in [6.45, 7) is 7.28. The molecule has 6 nitrogen and oxygen atoms in total. The molecule has 3 rings (SSSR count). The number of nitrogens with one attached hydrogen (secondary N) is 1. The number of carbonyl (C=O) groups is 1. The van der Waals surface area contributed by atoms with Gasteiger partial charge >= 0.3 is 0 Å². The van der Waals surface area contributed by atoms with Crippen molar-refractivity contribution in [3.05, 3.63) is 52.6 Å². The maximum absolute atomic E-state index is 13.3. The number of aryl methyl sites for hydroxylation is 2. The molecule has 1 atom stereocenters. The zero-order chi connectivity index (χ0) is 19.4. The maximum Gasteiger partial charge on any atom is 0.224 e. The van der Waals surface area contributed by atoms with Crippen LogP contribution in [-0.2, 0) is 23.0 Å². The number of benzene rings is 1. The van der Waals surface area contributed by atoms with Crippen LogP contribution in [-0.4, -0.2) is 53.4 Å². The van der Waals surface area contributed by atoms with Crippen LogP contribution >= 0.6 is 0 Å². The van der Waals surface area contributed by atoms with Gasteiger partial charge in [0.2, 0.25) is 5.91 Å². The number of aromatic nitrogens is 2. The second kappa shape index (κ2) is 8.63. The first-order chi connectivity index (χ1) is 13.0. The molecule has 0 bridgehead atoms. The lowest BCUT2D eigenvalue weighted by Gasteiger charge is -2.35. The first-order valence-electron chi connectivity index (χ1n) is 9.28. The van der Waals surface area contributed by atoms with Crippen molar-refractivity contribution in [3.63, 3.8) is 0 Å². The lowest BCUT2D eigenvalue weighted by molar-refractivity contribution is -0.120. The molecular formula is C20H27FN4O2. The second-order valence-electron chi connectivity index (χ2n) is 6.97. The van der Waals surface area contributed by atoms with Gasteiger partial charge in [0.15, 0.2) is 0 Å². The zero-order valence-corrected chi connectivity index (χ0v) is 16.2. The summed E-state index contributed by atoms with van der Waals surface area (Å²) in [5.41, 5.74) is 3.85. The molecule has 27 heavy (non-hydrogen) atoms. The number of rotatable bonds is 6. The van der Waals surface area contributed by atoms with E-state index in [0.29, 0.717) is 26.2 Å². The van der Waals surface area contributed by atoms with Crippen molar-refractivity contribution >= 4 is 5.91 Å². The number of nitrogens with zero attached hydrogens (tertiary/aromatic N) is 3. The lowest BCUT2D eigenvalue weighted by Crippen LogP contribution is -2.44. The van der Waals surface area contributed by atoms with Gasteiger partial charge in [0.25, 0.3) is 0 Å². The summed E-state index contributed by atoms with van der Waals surface area (Å²) < 4.78 is 20.6. The third-order valence-electron chi connectivity index (χ3n) is 5.23. The summed E-state index contributed by atoms with van der Waals surface area (Å²) in [7, 11) is 1.88. The van der Waals surface area contributed by atoms with Gasteiger partial charge in [0.1, 0.15) is 5.82 Å². The highest BCUT2D eigenvalue weighted by Gasteiger charge is 2.23. The van der Waals surface area contributed by atoms with E-state index in [4.69, 9.17) is 4.74 Å². The van der Waals surface area contributed by atoms with Crippen molar-refractivity contribution in [2.75, 3.05) is 32.8 Å². The number of halogens is 1. The number of morpholine rings is 1. The maximum atomic E-state index is 13.3. The molecule has 0 radical (unpaired) electrons. The Morgan fingerprint density at radius 2 is 1.93 bits per heavy atom. The molecule has 1 aromatic carbocycles. The third kappa shape index (κ3) is 4.73. The Balaban J connectivity index is 1.68. The Hall–Kier alpha value is -2.25. The molecule has 7 heteroatoms. The van der Waals surface area contributed by atoms with E-state index in [0.717, 1.165) is 35.6 Å². The quantitative estimate of drug-likeness (QED) is 0.839. The summed E-state index contributed by atoms with van der Waals surface area (Å²) >= 11 is 0. The van der Waals surface area contributed by atoms with Gasteiger partial charge in [0.05, 0.1) is 31.4 Å². The fourth-order valence-electron chi connectivity index (χ4n) is 3.54. The fourth-order valence-corrected chi connectivity index (χ4v) is 3.54. The molecule has 1 saturated heterocycles. The highest BCUT2D eigenvalue weighted by molar-refractivity contribution is 5.79. The Bertz CT molecular complexity index is 782. The highest BCUT2D eigenvalue weighted by Crippen LogP contribution is 2.22. The van der Waals surface area contributed by atoms with Gasteiger partial charge in [-0.25, -0.2) is 4.39 Å². The van der Waals surface area contributed by atoms with Crippen LogP contribution in [0.1, 0.15) is 28.6 Å². The molecule has 0 spiro atoms. The van der Waals surface area contributed by atoms with Crippen LogP contribution in [0.4, 0.5) is 4.39 Å². The lowest BCUT2D eigenvalue weighted by atomic mass is 10.0. The zero-order valence-electron chi connectivity index (χ0n) is 16.2. The molecule has 0 unspecified atom stereocenters. The molecule has 1 amide bonds. The van der Waals surface area contributed by atoms with Gasteiger partial charge in [0, 0.05) is 37.9 Å². The normalized spacial score (nSPS) is 16.3. The summed E-state index contributed by atoms with van der Waals surface area (Å²) in [6.07, 6.45) is 0.310. The van der Waals surface area contributed by atoms with Crippen molar-refractivity contribution in [2.24, 2.45) is 7.05 Å². The standard InChI is InChI=1S/C20H27FN4O2/c1-14-18(15(2)24(3)23-14)12-20(26)22-13-19(25-8-10-27-11-9-25)16-4-6-17(21)7-5-16/h4-7,19H,8-13H2,1-3H3,(H,22,26)/t19-/m1/s1. The minimum absolute atomic E-state index is 0.00505. The van der Waals surface area contributed by atoms with Crippen molar-refractivity contribution in [1.82, 2.24) is 20.0 Å². The second-order valence-corrected chi connectivity index (χ2v) is 6.97. The molecule has 2 aromatic rings. The van der Waals surface area contributed by atoms with E-state index in [1.807, 2.05) is 20.9 Å². The number of ether oxygens (including phenoxy) is 1. The highest BCUT2D eigenvalue weighted by atomic mass is 19.1. The van der Waals surface area contributed by atoms with Crippen LogP contribution in [0, 0.1) is 19.7 Å². The molecule has 0 saturated carbocycles. The number of carbonyl (C=O) groups excluding carboxylic acids is 1. The van der Waals surface area contributed by atoms with E-state index in [9.17, 15) is 9.18 Å². The van der Waals surface area contributed by atoms with Gasteiger partial charge in [-0.3, -0.25) is 14.4 Å². The van der Waals surface area contributed by atoms with E-state index < -0.39 is 0 Å². The van der Waals surface area contributed by atoms with Crippen LogP contribution in [0.5, 0.6) is 0 Å². The largest absolute Gasteiger partial charge is 0.379 e. The summed E-state index contributed by atoms with van der Waals surface area (Å²) in [5.74, 6) is -0.291. The van der Waals surface area contributed by atoms with Crippen LogP contribution in [0.2, 0.25) is 0 Å². The minimum atomic E-state index is -0.258. The van der Waals surface area contributed by atoms with Crippen LogP contribution < -0.4 is 5.32 Å². The van der Waals surface area contributed by atoms with Gasteiger partial charge in [-0.15, -0.1) is 0 Å². The van der Waals surface area contributed by atoms with Gasteiger partial charge < -0.3 is 10.1 Å². The monoisotopic (exact) mass is 374 g/mol.